The summed E-state index contributed by atoms with van der Waals surface area (Å²) in [6.07, 6.45) is 2.84. The second kappa shape index (κ2) is 9.96. The molecule has 1 saturated heterocycles. The molecule has 2 aromatic carbocycles. The van der Waals surface area contributed by atoms with Crippen molar-refractivity contribution >= 4 is 39.9 Å². The van der Waals surface area contributed by atoms with E-state index in [4.69, 9.17) is 13.9 Å². The average Bonchev–Trinajstić information content (AvgIpc) is 3.33. The molecular formula is C25H21BrN2O6. The second-order valence-electron chi connectivity index (χ2n) is 7.59. The number of halogens is 1. The number of hydrogen-bond donors (Lipinski definition) is 1. The number of barbiturate groups is 1. The molecule has 1 aliphatic heterocycles. The van der Waals surface area contributed by atoms with Gasteiger partial charge in [-0.1, -0.05) is 45.8 Å². The number of hydrogen-bond acceptors (Lipinski definition) is 6. The molecule has 2 heterocycles. The van der Waals surface area contributed by atoms with Gasteiger partial charge in [0.15, 0.2) is 11.5 Å². The quantitative estimate of drug-likeness (QED) is 0.358. The lowest BCUT2D eigenvalue weighted by Gasteiger charge is -2.25. The van der Waals surface area contributed by atoms with E-state index in [2.05, 4.69) is 21.2 Å². The summed E-state index contributed by atoms with van der Waals surface area (Å²) in [5.41, 5.74) is 2.47. The third kappa shape index (κ3) is 5.04. The van der Waals surface area contributed by atoms with E-state index in [1.807, 2.05) is 31.2 Å². The number of nitrogens with one attached hydrogen (secondary N) is 1. The number of rotatable bonds is 7. The Morgan fingerprint density at radius 2 is 1.85 bits per heavy atom. The summed E-state index contributed by atoms with van der Waals surface area (Å²) in [7, 11) is 1.50. The third-order valence-corrected chi connectivity index (χ3v) is 5.86. The molecule has 4 amide bonds. The molecule has 1 N–H and O–H groups in total. The summed E-state index contributed by atoms with van der Waals surface area (Å²) < 4.78 is 17.2. The number of ether oxygens (including phenoxy) is 2. The second-order valence-corrected chi connectivity index (χ2v) is 8.44. The Kier molecular flexibility index (Phi) is 6.83. The van der Waals surface area contributed by atoms with Crippen LogP contribution in [0.3, 0.4) is 0 Å². The van der Waals surface area contributed by atoms with Gasteiger partial charge in [0.25, 0.3) is 11.8 Å². The Bertz CT molecular complexity index is 1270. The van der Waals surface area contributed by atoms with Gasteiger partial charge in [-0.3, -0.25) is 19.8 Å². The SMILES string of the molecule is COc1cc(/C=C2\C(=O)NC(=O)N(Cc3ccco3)C2=O)c(Br)cc1OCc1ccc(C)cc1. The molecule has 9 heteroatoms. The molecule has 1 aromatic heterocycles. The molecule has 0 spiro atoms. The van der Waals surface area contributed by atoms with Gasteiger partial charge in [0.1, 0.15) is 17.9 Å². The Balaban J connectivity index is 1.59. The van der Waals surface area contributed by atoms with E-state index in [1.165, 1.54) is 19.4 Å². The van der Waals surface area contributed by atoms with Crippen LogP contribution in [0.2, 0.25) is 0 Å². The first-order valence-corrected chi connectivity index (χ1v) is 11.1. The number of aryl methyl sites for hydroxylation is 1. The summed E-state index contributed by atoms with van der Waals surface area (Å²) in [6.45, 7) is 2.26. The summed E-state index contributed by atoms with van der Waals surface area (Å²) in [6, 6.07) is 13.8. The first-order chi connectivity index (χ1) is 16.4. The van der Waals surface area contributed by atoms with Crippen LogP contribution in [0.15, 0.2) is 69.3 Å². The third-order valence-electron chi connectivity index (χ3n) is 5.18. The molecular weight excluding hydrogens is 504 g/mol. The predicted octanol–water partition coefficient (Wildman–Crippen LogP) is 4.60. The largest absolute Gasteiger partial charge is 0.493 e. The van der Waals surface area contributed by atoms with Gasteiger partial charge in [-0.05, 0) is 48.4 Å². The van der Waals surface area contributed by atoms with E-state index in [0.717, 1.165) is 16.0 Å². The van der Waals surface area contributed by atoms with Crippen molar-refractivity contribution in [1.29, 1.82) is 0 Å². The summed E-state index contributed by atoms with van der Waals surface area (Å²) >= 11 is 3.47. The highest BCUT2D eigenvalue weighted by Gasteiger charge is 2.36. The van der Waals surface area contributed by atoms with Gasteiger partial charge in [-0.15, -0.1) is 0 Å². The van der Waals surface area contributed by atoms with Crippen molar-refractivity contribution in [2.45, 2.75) is 20.1 Å². The number of nitrogens with zero attached hydrogens (tertiary/aromatic N) is 1. The topological polar surface area (TPSA) is 98.1 Å². The molecule has 1 fully saturated rings. The number of carbonyl (C=O) groups excluding carboxylic acids is 3. The highest BCUT2D eigenvalue weighted by Crippen LogP contribution is 2.35. The first kappa shape index (κ1) is 23.3. The molecule has 4 rings (SSSR count). The maximum atomic E-state index is 13.0. The van der Waals surface area contributed by atoms with Crippen molar-refractivity contribution in [2.24, 2.45) is 0 Å². The van der Waals surface area contributed by atoms with Gasteiger partial charge in [0.2, 0.25) is 0 Å². The summed E-state index contributed by atoms with van der Waals surface area (Å²) in [5, 5.41) is 2.19. The Hall–Kier alpha value is -3.85. The van der Waals surface area contributed by atoms with E-state index in [9.17, 15) is 14.4 Å². The van der Waals surface area contributed by atoms with Crippen LogP contribution < -0.4 is 14.8 Å². The lowest BCUT2D eigenvalue weighted by Crippen LogP contribution is -2.53. The standard InChI is InChI=1S/C25H21BrN2O6/c1-15-5-7-16(8-6-15)14-34-22-12-20(26)17(11-21(22)32-2)10-19-23(29)27-25(31)28(24(19)30)13-18-4-3-9-33-18/h3-12H,13-14H2,1-2H3,(H,27,29,31)/b19-10+. The highest BCUT2D eigenvalue weighted by molar-refractivity contribution is 9.10. The fourth-order valence-corrected chi connectivity index (χ4v) is 3.77. The monoisotopic (exact) mass is 524 g/mol. The summed E-state index contributed by atoms with van der Waals surface area (Å²) in [5.74, 6) is -0.178. The van der Waals surface area contributed by atoms with Crippen molar-refractivity contribution in [3.63, 3.8) is 0 Å². The number of amides is 4. The molecule has 3 aromatic rings. The van der Waals surface area contributed by atoms with Gasteiger partial charge >= 0.3 is 6.03 Å². The van der Waals surface area contributed by atoms with Crippen LogP contribution >= 0.6 is 15.9 Å². The van der Waals surface area contributed by atoms with E-state index in [0.29, 0.717) is 33.9 Å². The zero-order chi connectivity index (χ0) is 24.2. The van der Waals surface area contributed by atoms with Crippen LogP contribution in [0.1, 0.15) is 22.5 Å². The Labute approximate surface area is 204 Å². The molecule has 8 nitrogen and oxygen atoms in total. The van der Waals surface area contributed by atoms with Gasteiger partial charge in [0, 0.05) is 4.47 Å². The van der Waals surface area contributed by atoms with E-state index < -0.39 is 17.8 Å². The molecule has 0 aliphatic carbocycles. The van der Waals surface area contributed by atoms with Gasteiger partial charge in [0.05, 0.1) is 19.9 Å². The van der Waals surface area contributed by atoms with Crippen molar-refractivity contribution in [3.8, 4) is 11.5 Å². The van der Waals surface area contributed by atoms with E-state index in [-0.39, 0.29) is 12.1 Å². The van der Waals surface area contributed by atoms with Crippen molar-refractivity contribution in [3.05, 3.63) is 87.3 Å². The highest BCUT2D eigenvalue weighted by atomic mass is 79.9. The van der Waals surface area contributed by atoms with E-state index in [1.54, 1.807) is 24.3 Å². The number of carbonyl (C=O) groups is 3. The minimum Gasteiger partial charge on any atom is -0.493 e. The smallest absolute Gasteiger partial charge is 0.331 e. The van der Waals surface area contributed by atoms with Crippen molar-refractivity contribution < 1.29 is 28.3 Å². The maximum Gasteiger partial charge on any atom is 0.331 e. The Morgan fingerprint density at radius 1 is 1.09 bits per heavy atom. The van der Waals surface area contributed by atoms with Crippen molar-refractivity contribution in [1.82, 2.24) is 10.2 Å². The first-order valence-electron chi connectivity index (χ1n) is 10.3. The number of methoxy groups -OCH3 is 1. The van der Waals surface area contributed by atoms with Crippen LogP contribution in [0, 0.1) is 6.92 Å². The fourth-order valence-electron chi connectivity index (χ4n) is 3.33. The lowest BCUT2D eigenvalue weighted by atomic mass is 10.1. The molecule has 174 valence electrons. The zero-order valence-electron chi connectivity index (χ0n) is 18.5. The number of furan rings is 1. The number of imide groups is 2. The van der Waals surface area contributed by atoms with Crippen LogP contribution in [0.4, 0.5) is 4.79 Å². The van der Waals surface area contributed by atoms with Gasteiger partial charge in [-0.25, -0.2) is 4.79 Å². The van der Waals surface area contributed by atoms with Gasteiger partial charge < -0.3 is 13.9 Å². The van der Waals surface area contributed by atoms with E-state index >= 15 is 0 Å². The molecule has 34 heavy (non-hydrogen) atoms. The summed E-state index contributed by atoms with van der Waals surface area (Å²) in [4.78, 5) is 38.5. The maximum absolute atomic E-state index is 13.0. The van der Waals surface area contributed by atoms with Crippen LogP contribution in [0.5, 0.6) is 11.5 Å². The van der Waals surface area contributed by atoms with Gasteiger partial charge in [-0.2, -0.15) is 0 Å². The molecule has 0 radical (unpaired) electrons. The fraction of sp³-hybridized carbons (Fsp3) is 0.160. The predicted molar refractivity (Wildman–Crippen MR) is 127 cm³/mol. The Morgan fingerprint density at radius 3 is 2.53 bits per heavy atom. The van der Waals surface area contributed by atoms with Crippen LogP contribution in [-0.4, -0.2) is 29.9 Å². The minimum atomic E-state index is -0.806. The average molecular weight is 525 g/mol. The lowest BCUT2D eigenvalue weighted by molar-refractivity contribution is -0.130. The zero-order valence-corrected chi connectivity index (χ0v) is 20.0. The van der Waals surface area contributed by atoms with Crippen LogP contribution in [0.25, 0.3) is 6.08 Å². The molecule has 0 unspecified atom stereocenters. The molecule has 0 bridgehead atoms. The molecule has 0 saturated carbocycles. The number of urea groups is 1. The normalized spacial score (nSPS) is 15.0. The van der Waals surface area contributed by atoms with Crippen molar-refractivity contribution in [2.75, 3.05) is 7.11 Å². The molecule has 1 aliphatic rings. The molecule has 0 atom stereocenters. The van der Waals surface area contributed by atoms with Crippen LogP contribution in [-0.2, 0) is 22.7 Å². The minimum absolute atomic E-state index is 0.0986. The number of benzene rings is 2.